The standard InChI is InChI=1S/C27H22ClFO4/c1-27(2,3)18-8-4-17(5-9-18)25-26(24(31)21-14-19(28)10-13-23(21)33-25)32-15-22(30)16-6-11-20(29)12-7-16/h4-14H,15H2,1-3H3. The van der Waals surface area contributed by atoms with Crippen LogP contribution in [0.4, 0.5) is 4.39 Å². The van der Waals surface area contributed by atoms with E-state index < -0.39 is 23.6 Å². The van der Waals surface area contributed by atoms with E-state index in [1.807, 2.05) is 24.3 Å². The molecule has 4 rings (SSSR count). The highest BCUT2D eigenvalue weighted by Gasteiger charge is 2.21. The van der Waals surface area contributed by atoms with Gasteiger partial charge in [0.25, 0.3) is 0 Å². The average Bonchev–Trinajstić information content (AvgIpc) is 2.78. The zero-order valence-electron chi connectivity index (χ0n) is 18.4. The van der Waals surface area contributed by atoms with Gasteiger partial charge in [-0.3, -0.25) is 9.59 Å². The van der Waals surface area contributed by atoms with Crippen molar-refractivity contribution in [3.63, 3.8) is 0 Å². The molecule has 33 heavy (non-hydrogen) atoms. The van der Waals surface area contributed by atoms with Gasteiger partial charge in [0.15, 0.2) is 18.2 Å². The van der Waals surface area contributed by atoms with Crippen LogP contribution in [0.5, 0.6) is 5.75 Å². The highest BCUT2D eigenvalue weighted by Crippen LogP contribution is 2.33. The quantitative estimate of drug-likeness (QED) is 0.304. The predicted octanol–water partition coefficient (Wildman–Crippen LogP) is 6.81. The first-order chi connectivity index (χ1) is 15.6. The number of carbonyl (C=O) groups is 1. The number of Topliss-reactive ketones (excluding diaryl/α,β-unsaturated/α-hetero) is 1. The first-order valence-corrected chi connectivity index (χ1v) is 10.8. The molecular weight excluding hydrogens is 443 g/mol. The summed E-state index contributed by atoms with van der Waals surface area (Å²) in [6.07, 6.45) is 0. The molecule has 0 fully saturated rings. The monoisotopic (exact) mass is 464 g/mol. The molecule has 0 bridgehead atoms. The Morgan fingerprint density at radius 3 is 2.30 bits per heavy atom. The van der Waals surface area contributed by atoms with E-state index in [-0.39, 0.29) is 27.9 Å². The Hall–Kier alpha value is -3.44. The number of halogens is 2. The lowest BCUT2D eigenvalue weighted by Gasteiger charge is -2.19. The van der Waals surface area contributed by atoms with E-state index in [0.29, 0.717) is 16.2 Å². The summed E-state index contributed by atoms with van der Waals surface area (Å²) in [7, 11) is 0. The van der Waals surface area contributed by atoms with Crippen molar-refractivity contribution in [2.45, 2.75) is 26.2 Å². The van der Waals surface area contributed by atoms with Gasteiger partial charge >= 0.3 is 0 Å². The number of fused-ring (bicyclic) bond motifs is 1. The Kier molecular flexibility index (Phi) is 6.09. The van der Waals surface area contributed by atoms with Gasteiger partial charge in [0.2, 0.25) is 11.2 Å². The average molecular weight is 465 g/mol. The Morgan fingerprint density at radius 1 is 1.00 bits per heavy atom. The lowest BCUT2D eigenvalue weighted by Crippen LogP contribution is -2.17. The van der Waals surface area contributed by atoms with Crippen LogP contribution in [0.2, 0.25) is 5.02 Å². The molecule has 0 aliphatic carbocycles. The second-order valence-electron chi connectivity index (χ2n) is 8.78. The third-order valence-corrected chi connectivity index (χ3v) is 5.57. The summed E-state index contributed by atoms with van der Waals surface area (Å²) in [5.74, 6) is -0.693. The molecular formula is C27H22ClFO4. The molecule has 168 valence electrons. The van der Waals surface area contributed by atoms with Crippen LogP contribution in [0.1, 0.15) is 36.7 Å². The van der Waals surface area contributed by atoms with Gasteiger partial charge in [-0.2, -0.15) is 0 Å². The summed E-state index contributed by atoms with van der Waals surface area (Å²) in [6.45, 7) is 5.92. The van der Waals surface area contributed by atoms with Crippen molar-refractivity contribution in [3.8, 4) is 17.1 Å². The van der Waals surface area contributed by atoms with Crippen LogP contribution in [0.15, 0.2) is 75.9 Å². The maximum absolute atomic E-state index is 13.3. The van der Waals surface area contributed by atoms with E-state index in [2.05, 4.69) is 20.8 Å². The SMILES string of the molecule is CC(C)(C)c1ccc(-c2oc3ccc(Cl)cc3c(=O)c2OCC(=O)c2ccc(F)cc2)cc1. The summed E-state index contributed by atoms with van der Waals surface area (Å²) >= 11 is 6.07. The fourth-order valence-electron chi connectivity index (χ4n) is 3.45. The van der Waals surface area contributed by atoms with Crippen molar-refractivity contribution in [2.75, 3.05) is 6.61 Å². The molecule has 1 heterocycles. The Bertz CT molecular complexity index is 1380. The van der Waals surface area contributed by atoms with Crippen molar-refractivity contribution >= 4 is 28.4 Å². The lowest BCUT2D eigenvalue weighted by atomic mass is 9.86. The largest absolute Gasteiger partial charge is 0.478 e. The molecule has 1 aromatic heterocycles. The number of hydrogen-bond donors (Lipinski definition) is 0. The van der Waals surface area contributed by atoms with Crippen LogP contribution in [0.3, 0.4) is 0 Å². The summed E-state index contributed by atoms with van der Waals surface area (Å²) < 4.78 is 24.9. The van der Waals surface area contributed by atoms with Crippen molar-refractivity contribution in [3.05, 3.63) is 98.9 Å². The maximum atomic E-state index is 13.3. The van der Waals surface area contributed by atoms with E-state index in [1.54, 1.807) is 12.1 Å². The third-order valence-electron chi connectivity index (χ3n) is 5.34. The second kappa shape index (κ2) is 8.83. The molecule has 0 amide bonds. The van der Waals surface area contributed by atoms with E-state index in [1.165, 1.54) is 30.3 Å². The van der Waals surface area contributed by atoms with Crippen LogP contribution in [0.25, 0.3) is 22.3 Å². The van der Waals surface area contributed by atoms with Crippen molar-refractivity contribution in [2.24, 2.45) is 0 Å². The fourth-order valence-corrected chi connectivity index (χ4v) is 3.62. The molecule has 0 spiro atoms. The van der Waals surface area contributed by atoms with E-state index in [0.717, 1.165) is 5.56 Å². The molecule has 0 saturated heterocycles. The normalized spacial score (nSPS) is 11.5. The number of benzene rings is 3. The highest BCUT2D eigenvalue weighted by atomic mass is 35.5. The zero-order valence-corrected chi connectivity index (χ0v) is 19.2. The minimum atomic E-state index is -0.444. The van der Waals surface area contributed by atoms with Gasteiger partial charge < -0.3 is 9.15 Å². The van der Waals surface area contributed by atoms with Crippen molar-refractivity contribution in [1.82, 2.24) is 0 Å². The zero-order chi connectivity index (χ0) is 23.8. The summed E-state index contributed by atoms with van der Waals surface area (Å²) in [6, 6.07) is 17.5. The van der Waals surface area contributed by atoms with Gasteiger partial charge in [-0.15, -0.1) is 0 Å². The molecule has 0 aliphatic rings. The third kappa shape index (κ3) is 4.83. The summed E-state index contributed by atoms with van der Waals surface area (Å²) in [5, 5.41) is 0.632. The Morgan fingerprint density at radius 2 is 1.67 bits per heavy atom. The smallest absolute Gasteiger partial charge is 0.235 e. The van der Waals surface area contributed by atoms with Gasteiger partial charge in [-0.05, 0) is 53.4 Å². The molecule has 0 saturated carbocycles. The molecule has 0 atom stereocenters. The van der Waals surface area contributed by atoms with Gasteiger partial charge in [-0.1, -0.05) is 56.6 Å². The molecule has 0 radical (unpaired) electrons. The van der Waals surface area contributed by atoms with Crippen LogP contribution in [-0.4, -0.2) is 12.4 Å². The Labute approximate surface area is 195 Å². The second-order valence-corrected chi connectivity index (χ2v) is 9.21. The molecule has 0 N–H and O–H groups in total. The Balaban J connectivity index is 1.77. The van der Waals surface area contributed by atoms with Gasteiger partial charge in [-0.25, -0.2) is 4.39 Å². The topological polar surface area (TPSA) is 56.5 Å². The number of carbonyl (C=O) groups excluding carboxylic acids is 1. The molecule has 0 aliphatic heterocycles. The van der Waals surface area contributed by atoms with Crippen molar-refractivity contribution < 1.29 is 18.3 Å². The van der Waals surface area contributed by atoms with E-state index in [9.17, 15) is 14.0 Å². The van der Waals surface area contributed by atoms with Crippen LogP contribution in [0, 0.1) is 5.82 Å². The molecule has 4 aromatic rings. The summed E-state index contributed by atoms with van der Waals surface area (Å²) in [5.41, 5.74) is 1.93. The van der Waals surface area contributed by atoms with Crippen LogP contribution < -0.4 is 10.2 Å². The van der Waals surface area contributed by atoms with E-state index in [4.69, 9.17) is 20.8 Å². The molecule has 6 heteroatoms. The first kappa shape index (κ1) is 22.7. The number of ketones is 1. The van der Waals surface area contributed by atoms with Gasteiger partial charge in [0.1, 0.15) is 11.4 Å². The van der Waals surface area contributed by atoms with Gasteiger partial charge in [0.05, 0.1) is 5.39 Å². The fraction of sp³-hybridized carbons (Fsp3) is 0.185. The minimum absolute atomic E-state index is 0.0413. The minimum Gasteiger partial charge on any atom is -0.478 e. The summed E-state index contributed by atoms with van der Waals surface area (Å²) in [4.78, 5) is 25.9. The number of rotatable bonds is 5. The van der Waals surface area contributed by atoms with E-state index >= 15 is 0 Å². The highest BCUT2D eigenvalue weighted by molar-refractivity contribution is 6.31. The molecule has 0 unspecified atom stereocenters. The first-order valence-electron chi connectivity index (χ1n) is 10.4. The van der Waals surface area contributed by atoms with Crippen LogP contribution in [-0.2, 0) is 5.41 Å². The van der Waals surface area contributed by atoms with Gasteiger partial charge in [0, 0.05) is 16.1 Å². The molecule has 4 nitrogen and oxygen atoms in total. The molecule has 3 aromatic carbocycles. The maximum Gasteiger partial charge on any atom is 0.235 e. The predicted molar refractivity (Wildman–Crippen MR) is 128 cm³/mol. The lowest BCUT2D eigenvalue weighted by molar-refractivity contribution is 0.0920. The van der Waals surface area contributed by atoms with Crippen molar-refractivity contribution in [1.29, 1.82) is 0 Å². The number of ether oxygens (including phenoxy) is 1. The van der Waals surface area contributed by atoms with Crippen LogP contribution >= 0.6 is 11.6 Å². The number of hydrogen-bond acceptors (Lipinski definition) is 4.